The van der Waals surface area contributed by atoms with Crippen LogP contribution in [0.15, 0.2) is 18.2 Å². The average Bonchev–Trinajstić information content (AvgIpc) is 3.22. The van der Waals surface area contributed by atoms with Crippen LogP contribution < -0.4 is 5.32 Å². The highest BCUT2D eigenvalue weighted by molar-refractivity contribution is 5.92. The lowest BCUT2D eigenvalue weighted by molar-refractivity contribution is -0.119. The van der Waals surface area contributed by atoms with Gasteiger partial charge in [0.15, 0.2) is 0 Å². The monoisotopic (exact) mass is 257 g/mol. The van der Waals surface area contributed by atoms with Gasteiger partial charge >= 0.3 is 0 Å². The minimum absolute atomic E-state index is 0.0763. The zero-order chi connectivity index (χ0) is 13.8. The summed E-state index contributed by atoms with van der Waals surface area (Å²) in [5.41, 5.74) is 2.64. The van der Waals surface area contributed by atoms with Crippen molar-refractivity contribution in [3.8, 4) is 11.8 Å². The van der Waals surface area contributed by atoms with Crippen molar-refractivity contribution in [1.82, 2.24) is 0 Å². The molecule has 0 spiro atoms. The van der Waals surface area contributed by atoms with Gasteiger partial charge < -0.3 is 10.4 Å². The first-order valence-electron chi connectivity index (χ1n) is 6.63. The molecule has 0 radical (unpaired) electrons. The molecule has 1 amide bonds. The van der Waals surface area contributed by atoms with Crippen LogP contribution in [0.5, 0.6) is 0 Å². The maximum Gasteiger partial charge on any atom is 0.227 e. The Hall–Kier alpha value is -1.79. The molecule has 1 unspecified atom stereocenters. The van der Waals surface area contributed by atoms with Gasteiger partial charge in [-0.2, -0.15) is 0 Å². The van der Waals surface area contributed by atoms with Crippen molar-refractivity contribution in [3.05, 3.63) is 29.3 Å². The second-order valence-corrected chi connectivity index (χ2v) is 5.10. The molecule has 3 nitrogen and oxygen atoms in total. The molecule has 1 aromatic carbocycles. The van der Waals surface area contributed by atoms with Crippen molar-refractivity contribution in [1.29, 1.82) is 0 Å². The van der Waals surface area contributed by atoms with Gasteiger partial charge in [-0.1, -0.05) is 24.8 Å². The number of rotatable bonds is 3. The Morgan fingerprint density at radius 3 is 2.89 bits per heavy atom. The van der Waals surface area contributed by atoms with Crippen LogP contribution in [0.3, 0.4) is 0 Å². The molecule has 0 aliphatic heterocycles. The Balaban J connectivity index is 2.09. The average molecular weight is 257 g/mol. The van der Waals surface area contributed by atoms with Crippen molar-refractivity contribution >= 4 is 11.6 Å². The zero-order valence-electron chi connectivity index (χ0n) is 11.4. The summed E-state index contributed by atoms with van der Waals surface area (Å²) < 4.78 is 0. The normalized spacial score (nSPS) is 15.3. The molecule has 19 heavy (non-hydrogen) atoms. The smallest absolute Gasteiger partial charge is 0.227 e. The molecule has 0 aromatic heterocycles. The Morgan fingerprint density at radius 1 is 1.53 bits per heavy atom. The highest BCUT2D eigenvalue weighted by atomic mass is 16.2. The van der Waals surface area contributed by atoms with Crippen LogP contribution in [0.4, 0.5) is 5.69 Å². The predicted molar refractivity (Wildman–Crippen MR) is 75.7 cm³/mol. The van der Waals surface area contributed by atoms with E-state index in [0.717, 1.165) is 29.7 Å². The molecule has 0 bridgehead atoms. The Kier molecular flexibility index (Phi) is 4.24. The largest absolute Gasteiger partial charge is 0.384 e. The molecule has 1 aliphatic rings. The van der Waals surface area contributed by atoms with Gasteiger partial charge in [-0.15, -0.1) is 0 Å². The van der Waals surface area contributed by atoms with Crippen molar-refractivity contribution in [3.63, 3.8) is 0 Å². The van der Waals surface area contributed by atoms with E-state index in [2.05, 4.69) is 17.2 Å². The van der Waals surface area contributed by atoms with E-state index in [4.69, 9.17) is 5.11 Å². The second kappa shape index (κ2) is 5.90. The van der Waals surface area contributed by atoms with E-state index >= 15 is 0 Å². The van der Waals surface area contributed by atoms with Gasteiger partial charge in [0.25, 0.3) is 0 Å². The first-order valence-corrected chi connectivity index (χ1v) is 6.63. The lowest BCUT2D eigenvalue weighted by Crippen LogP contribution is -2.21. The molecule has 1 aromatic rings. The van der Waals surface area contributed by atoms with E-state index in [1.54, 1.807) is 0 Å². The SMILES string of the molecule is Cc1ccc(NC(=O)C(C)C2CC2)cc1C#CCO. The number of benzene rings is 1. The first kappa shape index (κ1) is 13.6. The zero-order valence-corrected chi connectivity index (χ0v) is 11.4. The van der Waals surface area contributed by atoms with Gasteiger partial charge in [0.05, 0.1) is 0 Å². The fourth-order valence-electron chi connectivity index (χ4n) is 2.04. The number of aliphatic hydroxyl groups is 1. The van der Waals surface area contributed by atoms with Crippen LogP contribution >= 0.6 is 0 Å². The summed E-state index contributed by atoms with van der Waals surface area (Å²) in [7, 11) is 0. The van der Waals surface area contributed by atoms with Crippen molar-refractivity contribution in [2.75, 3.05) is 11.9 Å². The van der Waals surface area contributed by atoms with E-state index in [9.17, 15) is 4.79 Å². The first-order chi connectivity index (χ1) is 9.11. The summed E-state index contributed by atoms with van der Waals surface area (Å²) in [6.45, 7) is 3.78. The third-order valence-corrected chi connectivity index (χ3v) is 3.55. The van der Waals surface area contributed by atoms with Crippen LogP contribution in [0.1, 0.15) is 30.9 Å². The second-order valence-electron chi connectivity index (χ2n) is 5.10. The standard InChI is InChI=1S/C16H19NO2/c1-11-5-8-15(10-14(11)4-3-9-18)17-16(19)12(2)13-6-7-13/h5,8,10,12-13,18H,6-7,9H2,1-2H3,(H,17,19). The molecule has 2 N–H and O–H groups in total. The highest BCUT2D eigenvalue weighted by Gasteiger charge is 2.32. The summed E-state index contributed by atoms with van der Waals surface area (Å²) in [6, 6.07) is 5.67. The fourth-order valence-corrected chi connectivity index (χ4v) is 2.04. The van der Waals surface area contributed by atoms with Gasteiger partial charge in [-0.25, -0.2) is 0 Å². The van der Waals surface area contributed by atoms with Gasteiger partial charge in [0.2, 0.25) is 5.91 Å². The Labute approximate surface area is 114 Å². The van der Waals surface area contributed by atoms with Crippen molar-refractivity contribution in [2.24, 2.45) is 11.8 Å². The molecule has 0 saturated heterocycles. The third kappa shape index (κ3) is 3.59. The summed E-state index contributed by atoms with van der Waals surface area (Å²) in [6.07, 6.45) is 2.32. The minimum Gasteiger partial charge on any atom is -0.384 e. The van der Waals surface area contributed by atoms with Crippen LogP contribution in [0.25, 0.3) is 0 Å². The number of aliphatic hydroxyl groups excluding tert-OH is 1. The van der Waals surface area contributed by atoms with E-state index in [0.29, 0.717) is 5.92 Å². The number of hydrogen-bond acceptors (Lipinski definition) is 2. The minimum atomic E-state index is -0.158. The summed E-state index contributed by atoms with van der Waals surface area (Å²) in [5, 5.41) is 11.7. The molecule has 1 aliphatic carbocycles. The van der Waals surface area contributed by atoms with E-state index in [1.807, 2.05) is 32.0 Å². The lowest BCUT2D eigenvalue weighted by atomic mass is 10.0. The third-order valence-electron chi connectivity index (χ3n) is 3.55. The summed E-state index contributed by atoms with van der Waals surface area (Å²) in [5.74, 6) is 6.23. The Morgan fingerprint density at radius 2 is 2.26 bits per heavy atom. The molecule has 0 heterocycles. The topological polar surface area (TPSA) is 49.3 Å². The summed E-state index contributed by atoms with van der Waals surface area (Å²) >= 11 is 0. The maximum absolute atomic E-state index is 12.0. The molecule has 1 fully saturated rings. The highest BCUT2D eigenvalue weighted by Crippen LogP contribution is 2.37. The van der Waals surface area contributed by atoms with Gasteiger partial charge in [0, 0.05) is 17.2 Å². The number of carbonyl (C=O) groups excluding carboxylic acids is 1. The lowest BCUT2D eigenvalue weighted by Gasteiger charge is -2.12. The van der Waals surface area contributed by atoms with Crippen LogP contribution in [0.2, 0.25) is 0 Å². The molecule has 1 saturated carbocycles. The number of hydrogen-bond donors (Lipinski definition) is 2. The van der Waals surface area contributed by atoms with E-state index in [-0.39, 0.29) is 18.4 Å². The maximum atomic E-state index is 12.0. The molecule has 2 rings (SSSR count). The molecular weight excluding hydrogens is 238 g/mol. The fraction of sp³-hybridized carbons (Fsp3) is 0.438. The van der Waals surface area contributed by atoms with Gasteiger partial charge in [-0.05, 0) is 43.4 Å². The molecular formula is C16H19NO2. The van der Waals surface area contributed by atoms with E-state index in [1.165, 1.54) is 0 Å². The van der Waals surface area contributed by atoms with Crippen LogP contribution in [0, 0.1) is 30.6 Å². The molecule has 100 valence electrons. The van der Waals surface area contributed by atoms with Crippen molar-refractivity contribution < 1.29 is 9.90 Å². The molecule has 3 heteroatoms. The van der Waals surface area contributed by atoms with Crippen LogP contribution in [-0.4, -0.2) is 17.6 Å². The summed E-state index contributed by atoms with van der Waals surface area (Å²) in [4.78, 5) is 12.0. The molecule has 1 atom stereocenters. The number of anilines is 1. The quantitative estimate of drug-likeness (QED) is 0.816. The number of amides is 1. The van der Waals surface area contributed by atoms with Gasteiger partial charge in [-0.3, -0.25) is 4.79 Å². The van der Waals surface area contributed by atoms with Gasteiger partial charge in [0.1, 0.15) is 6.61 Å². The Bertz CT molecular complexity index is 535. The van der Waals surface area contributed by atoms with Crippen molar-refractivity contribution in [2.45, 2.75) is 26.7 Å². The number of aryl methyl sites for hydroxylation is 1. The van der Waals surface area contributed by atoms with Crippen LogP contribution in [-0.2, 0) is 4.79 Å². The van der Waals surface area contributed by atoms with E-state index < -0.39 is 0 Å². The number of nitrogens with one attached hydrogen (secondary N) is 1. The predicted octanol–water partition coefficient (Wildman–Crippen LogP) is 2.32. The number of carbonyl (C=O) groups is 1.